The van der Waals surface area contributed by atoms with Gasteiger partial charge in [-0.25, -0.2) is 4.98 Å². The van der Waals surface area contributed by atoms with Gasteiger partial charge in [-0.05, 0) is 45.4 Å². The predicted octanol–water partition coefficient (Wildman–Crippen LogP) is 2.54. The van der Waals surface area contributed by atoms with Gasteiger partial charge < -0.3 is 9.84 Å². The smallest absolute Gasteiger partial charge is 0.229 e. The first kappa shape index (κ1) is 15.7. The molecule has 23 heavy (non-hydrogen) atoms. The molecular formula is C17H22N4O2. The fourth-order valence-electron chi connectivity index (χ4n) is 3.03. The second-order valence-corrected chi connectivity index (χ2v) is 6.08. The molecule has 0 aliphatic carbocycles. The van der Waals surface area contributed by atoms with Gasteiger partial charge >= 0.3 is 0 Å². The number of aryl methyl sites for hydroxylation is 2. The third kappa shape index (κ3) is 3.76. The van der Waals surface area contributed by atoms with E-state index in [1.165, 1.54) is 0 Å². The molecule has 1 aliphatic heterocycles. The molecule has 2 aromatic heterocycles. The average molecular weight is 314 g/mol. The number of nitrogens with zero attached hydrogens (tertiary/aromatic N) is 3. The molecule has 1 saturated heterocycles. The Morgan fingerprint density at radius 2 is 2.30 bits per heavy atom. The topological polar surface area (TPSA) is 71.3 Å². The summed E-state index contributed by atoms with van der Waals surface area (Å²) in [4.78, 5) is 18.9. The van der Waals surface area contributed by atoms with E-state index in [4.69, 9.17) is 4.52 Å². The highest BCUT2D eigenvalue weighted by Crippen LogP contribution is 2.22. The van der Waals surface area contributed by atoms with Crippen LogP contribution in [-0.2, 0) is 11.3 Å². The molecule has 2 aromatic rings. The van der Waals surface area contributed by atoms with Crippen LogP contribution in [0, 0.1) is 19.8 Å². The van der Waals surface area contributed by atoms with Gasteiger partial charge in [0.15, 0.2) is 0 Å². The van der Waals surface area contributed by atoms with Crippen molar-refractivity contribution in [1.82, 2.24) is 15.0 Å². The minimum absolute atomic E-state index is 0.00812. The van der Waals surface area contributed by atoms with E-state index in [1.807, 2.05) is 32.0 Å². The Labute approximate surface area is 135 Å². The minimum atomic E-state index is -0.00812. The number of hydrogen-bond donors (Lipinski definition) is 1. The first-order valence-electron chi connectivity index (χ1n) is 7.99. The number of aromatic nitrogens is 2. The molecule has 6 nitrogen and oxygen atoms in total. The second kappa shape index (κ2) is 6.91. The number of amides is 1. The molecular weight excluding hydrogens is 292 g/mol. The Kier molecular flexibility index (Phi) is 4.71. The van der Waals surface area contributed by atoms with Gasteiger partial charge in [0, 0.05) is 24.8 Å². The Balaban J connectivity index is 1.61. The minimum Gasteiger partial charge on any atom is -0.361 e. The lowest BCUT2D eigenvalue weighted by atomic mass is 9.96. The van der Waals surface area contributed by atoms with Gasteiger partial charge in [-0.2, -0.15) is 0 Å². The van der Waals surface area contributed by atoms with Crippen molar-refractivity contribution >= 4 is 11.7 Å². The van der Waals surface area contributed by atoms with Crippen molar-refractivity contribution in [2.45, 2.75) is 33.2 Å². The number of carbonyl (C=O) groups is 1. The number of rotatable bonds is 4. The number of piperidine rings is 1. The zero-order valence-corrected chi connectivity index (χ0v) is 13.6. The van der Waals surface area contributed by atoms with E-state index in [2.05, 4.69) is 20.4 Å². The van der Waals surface area contributed by atoms with Crippen molar-refractivity contribution < 1.29 is 9.32 Å². The second-order valence-electron chi connectivity index (χ2n) is 6.08. The molecule has 0 unspecified atom stereocenters. The monoisotopic (exact) mass is 314 g/mol. The first-order valence-corrected chi connectivity index (χ1v) is 7.99. The average Bonchev–Trinajstić information content (AvgIpc) is 2.88. The molecule has 1 amide bonds. The van der Waals surface area contributed by atoms with Crippen LogP contribution >= 0.6 is 0 Å². The highest BCUT2D eigenvalue weighted by Gasteiger charge is 2.27. The van der Waals surface area contributed by atoms with Gasteiger partial charge in [0.1, 0.15) is 11.6 Å². The maximum atomic E-state index is 12.4. The van der Waals surface area contributed by atoms with E-state index >= 15 is 0 Å². The zero-order valence-electron chi connectivity index (χ0n) is 13.6. The molecule has 3 rings (SSSR count). The maximum Gasteiger partial charge on any atom is 0.229 e. The van der Waals surface area contributed by atoms with E-state index in [-0.39, 0.29) is 11.8 Å². The molecule has 1 aliphatic rings. The molecule has 0 saturated carbocycles. The van der Waals surface area contributed by atoms with Gasteiger partial charge in [0.05, 0.1) is 11.6 Å². The molecule has 122 valence electrons. The number of anilines is 1. The van der Waals surface area contributed by atoms with Gasteiger partial charge in [-0.15, -0.1) is 0 Å². The quantitative estimate of drug-likeness (QED) is 0.939. The lowest BCUT2D eigenvalue weighted by Crippen LogP contribution is -2.40. The van der Waals surface area contributed by atoms with Crippen LogP contribution in [0.3, 0.4) is 0 Å². The molecule has 1 fully saturated rings. The zero-order chi connectivity index (χ0) is 16.2. The number of hydrogen-bond acceptors (Lipinski definition) is 5. The van der Waals surface area contributed by atoms with E-state index in [1.54, 1.807) is 6.20 Å². The first-order chi connectivity index (χ1) is 11.1. The van der Waals surface area contributed by atoms with Crippen LogP contribution in [-0.4, -0.2) is 34.0 Å². The SMILES string of the molecule is Cc1noc(C)c1CN1CCC[C@@H](C(=O)Nc2ccccn2)C1. The Morgan fingerprint density at radius 1 is 1.43 bits per heavy atom. The van der Waals surface area contributed by atoms with Crippen LogP contribution in [0.4, 0.5) is 5.82 Å². The van der Waals surface area contributed by atoms with Crippen molar-refractivity contribution in [3.63, 3.8) is 0 Å². The summed E-state index contributed by atoms with van der Waals surface area (Å²) in [6.07, 6.45) is 3.61. The molecule has 6 heteroatoms. The summed E-state index contributed by atoms with van der Waals surface area (Å²) >= 11 is 0. The summed E-state index contributed by atoms with van der Waals surface area (Å²) in [5, 5.41) is 6.91. The third-order valence-electron chi connectivity index (χ3n) is 4.36. The van der Waals surface area contributed by atoms with E-state index in [9.17, 15) is 4.79 Å². The Hall–Kier alpha value is -2.21. The maximum absolute atomic E-state index is 12.4. The van der Waals surface area contributed by atoms with Gasteiger partial charge in [-0.3, -0.25) is 9.69 Å². The van der Waals surface area contributed by atoms with E-state index in [0.29, 0.717) is 5.82 Å². The van der Waals surface area contributed by atoms with Crippen LogP contribution in [0.2, 0.25) is 0 Å². The van der Waals surface area contributed by atoms with Crippen molar-refractivity contribution in [2.24, 2.45) is 5.92 Å². The highest BCUT2D eigenvalue weighted by atomic mass is 16.5. The lowest BCUT2D eigenvalue weighted by molar-refractivity contribution is -0.121. The normalized spacial score (nSPS) is 18.8. The largest absolute Gasteiger partial charge is 0.361 e. The predicted molar refractivity (Wildman–Crippen MR) is 86.8 cm³/mol. The van der Waals surface area contributed by atoms with Crippen LogP contribution in [0.15, 0.2) is 28.9 Å². The molecule has 0 spiro atoms. The van der Waals surface area contributed by atoms with Crippen molar-refractivity contribution in [3.8, 4) is 0 Å². The van der Waals surface area contributed by atoms with Crippen molar-refractivity contribution in [1.29, 1.82) is 0 Å². The van der Waals surface area contributed by atoms with Crippen LogP contribution in [0.1, 0.15) is 29.9 Å². The van der Waals surface area contributed by atoms with Crippen LogP contribution in [0.5, 0.6) is 0 Å². The van der Waals surface area contributed by atoms with Crippen molar-refractivity contribution in [3.05, 3.63) is 41.4 Å². The van der Waals surface area contributed by atoms with Crippen LogP contribution in [0.25, 0.3) is 0 Å². The highest BCUT2D eigenvalue weighted by molar-refractivity contribution is 5.91. The fourth-order valence-corrected chi connectivity index (χ4v) is 3.03. The molecule has 1 atom stereocenters. The molecule has 3 heterocycles. The summed E-state index contributed by atoms with van der Waals surface area (Å²) in [6, 6.07) is 5.51. The number of pyridine rings is 1. The number of nitrogens with one attached hydrogen (secondary N) is 1. The van der Waals surface area contributed by atoms with Gasteiger partial charge in [-0.1, -0.05) is 11.2 Å². The molecule has 0 aromatic carbocycles. The van der Waals surface area contributed by atoms with Gasteiger partial charge in [0.2, 0.25) is 5.91 Å². The van der Waals surface area contributed by atoms with Crippen molar-refractivity contribution in [2.75, 3.05) is 18.4 Å². The summed E-state index contributed by atoms with van der Waals surface area (Å²) < 4.78 is 5.23. The summed E-state index contributed by atoms with van der Waals surface area (Å²) in [6.45, 7) is 6.43. The molecule has 0 bridgehead atoms. The Bertz CT molecular complexity index is 649. The Morgan fingerprint density at radius 3 is 3.00 bits per heavy atom. The number of carbonyl (C=O) groups excluding carboxylic acids is 1. The molecule has 0 radical (unpaired) electrons. The third-order valence-corrected chi connectivity index (χ3v) is 4.36. The van der Waals surface area contributed by atoms with E-state index < -0.39 is 0 Å². The standard InChI is InChI=1S/C17H22N4O2/c1-12-15(13(2)23-20-12)11-21-9-5-6-14(10-21)17(22)19-16-7-3-4-8-18-16/h3-4,7-8,14H,5-6,9-11H2,1-2H3,(H,18,19,22)/t14-/m1/s1. The van der Waals surface area contributed by atoms with E-state index in [0.717, 1.165) is 49.5 Å². The van der Waals surface area contributed by atoms with Crippen LogP contribution < -0.4 is 5.32 Å². The lowest BCUT2D eigenvalue weighted by Gasteiger charge is -2.31. The summed E-state index contributed by atoms with van der Waals surface area (Å²) in [5.74, 6) is 1.52. The summed E-state index contributed by atoms with van der Waals surface area (Å²) in [5.41, 5.74) is 2.07. The fraction of sp³-hybridized carbons (Fsp3) is 0.471. The van der Waals surface area contributed by atoms with Gasteiger partial charge in [0.25, 0.3) is 0 Å². The summed E-state index contributed by atoms with van der Waals surface area (Å²) in [7, 11) is 0. The number of likely N-dealkylation sites (tertiary alicyclic amines) is 1. The molecule has 1 N–H and O–H groups in total.